The Morgan fingerprint density at radius 3 is 2.50 bits per heavy atom. The van der Waals surface area contributed by atoms with Gasteiger partial charge in [-0.25, -0.2) is 9.38 Å². The summed E-state index contributed by atoms with van der Waals surface area (Å²) in [5.41, 5.74) is 7.05. The molecule has 5 aromatic rings. The summed E-state index contributed by atoms with van der Waals surface area (Å²) < 4.78 is 22.4. The molecule has 1 aliphatic heterocycles. The molecule has 4 aromatic carbocycles. The highest BCUT2D eigenvalue weighted by Gasteiger charge is 2.32. The first-order chi connectivity index (χ1) is 19.7. The minimum atomic E-state index is -0.341. The SMILES string of the molecule is O=c1/c(=C/c2ccccc2OCc2ccccc2)sc2n1[C@@H](c1ccc(F)cc1)C1=C(N=2)c2ccccc2CC1. The van der Waals surface area contributed by atoms with Crippen molar-refractivity contribution in [2.24, 2.45) is 4.99 Å². The van der Waals surface area contributed by atoms with Crippen LogP contribution in [-0.4, -0.2) is 4.57 Å². The van der Waals surface area contributed by atoms with Crippen molar-refractivity contribution < 1.29 is 9.13 Å². The van der Waals surface area contributed by atoms with E-state index in [2.05, 4.69) is 18.2 Å². The summed E-state index contributed by atoms with van der Waals surface area (Å²) in [6, 6.07) is 32.2. The molecule has 6 heteroatoms. The molecule has 0 fully saturated rings. The van der Waals surface area contributed by atoms with Crippen molar-refractivity contribution in [1.82, 2.24) is 4.57 Å². The second kappa shape index (κ2) is 10.2. The van der Waals surface area contributed by atoms with Gasteiger partial charge in [0.25, 0.3) is 5.56 Å². The predicted molar refractivity (Wildman–Crippen MR) is 156 cm³/mol. The number of rotatable bonds is 5. The summed E-state index contributed by atoms with van der Waals surface area (Å²) in [5, 5.41) is 0. The maximum Gasteiger partial charge on any atom is 0.271 e. The molecule has 1 aromatic heterocycles. The molecule has 2 heterocycles. The lowest BCUT2D eigenvalue weighted by Gasteiger charge is -2.30. The van der Waals surface area contributed by atoms with Gasteiger partial charge < -0.3 is 4.74 Å². The van der Waals surface area contributed by atoms with E-state index in [9.17, 15) is 9.18 Å². The maximum atomic E-state index is 14.0. The van der Waals surface area contributed by atoms with Crippen LogP contribution in [-0.2, 0) is 13.0 Å². The van der Waals surface area contributed by atoms with Gasteiger partial charge in [0.1, 0.15) is 18.2 Å². The summed E-state index contributed by atoms with van der Waals surface area (Å²) >= 11 is 1.38. The van der Waals surface area contributed by atoms with Crippen molar-refractivity contribution in [2.45, 2.75) is 25.5 Å². The van der Waals surface area contributed by atoms with E-state index in [1.807, 2.05) is 66.7 Å². The fourth-order valence-corrected chi connectivity index (χ4v) is 6.57. The average molecular weight is 545 g/mol. The van der Waals surface area contributed by atoms with Gasteiger partial charge in [0.2, 0.25) is 0 Å². The molecule has 0 radical (unpaired) electrons. The Morgan fingerprint density at radius 2 is 1.65 bits per heavy atom. The van der Waals surface area contributed by atoms with Crippen molar-refractivity contribution in [3.8, 4) is 5.75 Å². The van der Waals surface area contributed by atoms with Crippen LogP contribution < -0.4 is 19.6 Å². The molecule has 1 aliphatic carbocycles. The molecule has 0 N–H and O–H groups in total. The van der Waals surface area contributed by atoms with Gasteiger partial charge >= 0.3 is 0 Å². The molecule has 40 heavy (non-hydrogen) atoms. The van der Waals surface area contributed by atoms with Gasteiger partial charge in [-0.3, -0.25) is 9.36 Å². The number of para-hydroxylation sites is 1. The Hall–Kier alpha value is -4.55. The second-order valence-corrected chi connectivity index (χ2v) is 11.0. The van der Waals surface area contributed by atoms with Crippen LogP contribution >= 0.6 is 11.3 Å². The van der Waals surface area contributed by atoms with Crippen LogP contribution in [0.15, 0.2) is 118 Å². The molecule has 0 unspecified atom stereocenters. The Morgan fingerprint density at radius 1 is 0.900 bits per heavy atom. The zero-order valence-electron chi connectivity index (χ0n) is 21.6. The van der Waals surface area contributed by atoms with Crippen LogP contribution in [0.1, 0.15) is 40.3 Å². The number of aromatic nitrogens is 1. The third kappa shape index (κ3) is 4.40. The quantitative estimate of drug-likeness (QED) is 0.271. The molecule has 0 amide bonds. The van der Waals surface area contributed by atoms with Gasteiger partial charge in [0, 0.05) is 11.1 Å². The highest BCUT2D eigenvalue weighted by Crippen LogP contribution is 2.41. The number of benzene rings is 4. The molecule has 0 saturated carbocycles. The number of aryl methyl sites for hydroxylation is 1. The van der Waals surface area contributed by atoms with Crippen LogP contribution in [0.25, 0.3) is 11.8 Å². The van der Waals surface area contributed by atoms with E-state index >= 15 is 0 Å². The lowest BCUT2D eigenvalue weighted by atomic mass is 9.83. The van der Waals surface area contributed by atoms with Gasteiger partial charge in [-0.1, -0.05) is 96.3 Å². The summed E-state index contributed by atoms with van der Waals surface area (Å²) in [7, 11) is 0. The van der Waals surface area contributed by atoms with Gasteiger partial charge in [-0.15, -0.1) is 0 Å². The van der Waals surface area contributed by atoms with Crippen LogP contribution in [0.5, 0.6) is 5.75 Å². The van der Waals surface area contributed by atoms with Crippen molar-refractivity contribution in [3.05, 3.63) is 162 Å². The molecule has 2 aliphatic rings. The maximum absolute atomic E-state index is 14.0. The van der Waals surface area contributed by atoms with Crippen molar-refractivity contribution in [3.63, 3.8) is 0 Å². The van der Waals surface area contributed by atoms with Gasteiger partial charge in [-0.2, -0.15) is 0 Å². The number of halogens is 1. The highest BCUT2D eigenvalue weighted by atomic mass is 32.1. The molecule has 7 rings (SSSR count). The Balaban J connectivity index is 1.37. The summed E-state index contributed by atoms with van der Waals surface area (Å²) in [4.78, 5) is 19.7. The summed E-state index contributed by atoms with van der Waals surface area (Å²) in [5.74, 6) is 0.409. The molecule has 0 saturated heterocycles. The van der Waals surface area contributed by atoms with Gasteiger partial charge in [0.05, 0.1) is 16.3 Å². The van der Waals surface area contributed by atoms with Gasteiger partial charge in [0.15, 0.2) is 4.80 Å². The Labute approximate surface area is 234 Å². The first-order valence-electron chi connectivity index (χ1n) is 13.3. The number of nitrogens with zero attached hydrogens (tertiary/aromatic N) is 2. The second-order valence-electron chi connectivity index (χ2n) is 9.98. The smallest absolute Gasteiger partial charge is 0.271 e. The van der Waals surface area contributed by atoms with E-state index in [-0.39, 0.29) is 17.4 Å². The number of ether oxygens (including phenoxy) is 1. The molecule has 0 spiro atoms. The standard InChI is InChI=1S/C34H25FN2O2S/c35-26-17-14-24(15-18-26)32-28-19-16-23-10-4-6-12-27(23)31(28)36-34-37(32)33(38)30(40-34)20-25-11-5-7-13-29(25)39-21-22-8-2-1-3-9-22/h1-15,17-18,20,32H,16,19,21H2/b30-20-/t32-/m0/s1. The zero-order chi connectivity index (χ0) is 27.1. The van der Waals surface area contributed by atoms with Crippen molar-refractivity contribution >= 4 is 23.1 Å². The van der Waals surface area contributed by atoms with Crippen LogP contribution in [0.2, 0.25) is 0 Å². The summed E-state index contributed by atoms with van der Waals surface area (Å²) in [6.07, 6.45) is 3.55. The van der Waals surface area contributed by atoms with Gasteiger partial charge in [-0.05, 0) is 59.4 Å². The number of hydrogen-bond donors (Lipinski definition) is 0. The lowest BCUT2D eigenvalue weighted by molar-refractivity contribution is 0.305. The van der Waals surface area contributed by atoms with E-state index in [0.29, 0.717) is 21.7 Å². The average Bonchev–Trinajstić information content (AvgIpc) is 3.30. The van der Waals surface area contributed by atoms with E-state index in [1.165, 1.54) is 29.0 Å². The number of hydrogen-bond acceptors (Lipinski definition) is 4. The zero-order valence-corrected chi connectivity index (χ0v) is 22.4. The molecule has 1 atom stereocenters. The predicted octanol–water partition coefficient (Wildman–Crippen LogP) is 6.04. The molecule has 4 nitrogen and oxygen atoms in total. The topological polar surface area (TPSA) is 43.6 Å². The van der Waals surface area contributed by atoms with Crippen LogP contribution in [0.4, 0.5) is 4.39 Å². The van der Waals surface area contributed by atoms with E-state index in [4.69, 9.17) is 9.73 Å². The highest BCUT2D eigenvalue weighted by molar-refractivity contribution is 7.07. The van der Waals surface area contributed by atoms with Crippen LogP contribution in [0.3, 0.4) is 0 Å². The van der Waals surface area contributed by atoms with E-state index in [0.717, 1.165) is 46.4 Å². The first-order valence-corrected chi connectivity index (χ1v) is 14.1. The van der Waals surface area contributed by atoms with Crippen molar-refractivity contribution in [2.75, 3.05) is 0 Å². The minimum Gasteiger partial charge on any atom is -0.488 e. The number of allylic oxidation sites excluding steroid dienone is 1. The third-order valence-corrected chi connectivity index (χ3v) is 8.48. The molecular formula is C34H25FN2O2S. The van der Waals surface area contributed by atoms with E-state index in [1.54, 1.807) is 16.7 Å². The summed E-state index contributed by atoms with van der Waals surface area (Å²) in [6.45, 7) is 0.434. The third-order valence-electron chi connectivity index (χ3n) is 7.50. The lowest BCUT2D eigenvalue weighted by Crippen LogP contribution is -2.38. The Kier molecular flexibility index (Phi) is 6.25. The fraction of sp³-hybridized carbons (Fsp3) is 0.118. The largest absolute Gasteiger partial charge is 0.488 e. The molecular weight excluding hydrogens is 519 g/mol. The monoisotopic (exact) mass is 544 g/mol. The normalized spacial score (nSPS) is 16.1. The first kappa shape index (κ1) is 24.5. The number of thiazole rings is 1. The van der Waals surface area contributed by atoms with E-state index < -0.39 is 0 Å². The fourth-order valence-electron chi connectivity index (χ4n) is 5.58. The van der Waals surface area contributed by atoms with Crippen LogP contribution in [0, 0.1) is 5.82 Å². The minimum absolute atomic E-state index is 0.110. The Bertz CT molecular complexity index is 1940. The molecule has 196 valence electrons. The molecule has 0 bridgehead atoms. The van der Waals surface area contributed by atoms with Crippen molar-refractivity contribution in [1.29, 1.82) is 0 Å². The number of fused-ring (bicyclic) bond motifs is 3.